The lowest BCUT2D eigenvalue weighted by molar-refractivity contribution is 0.295. The zero-order valence-corrected chi connectivity index (χ0v) is 12.5. The highest BCUT2D eigenvalue weighted by Crippen LogP contribution is 2.42. The Labute approximate surface area is 125 Å². The summed E-state index contributed by atoms with van der Waals surface area (Å²) in [6.07, 6.45) is 9.94. The SMILES string of the molecule is Clc1ccc(C2=CCCNC23CCCCC3)cc1Cl. The van der Waals surface area contributed by atoms with E-state index in [1.54, 1.807) is 0 Å². The number of benzene rings is 1. The molecule has 1 aromatic carbocycles. The lowest BCUT2D eigenvalue weighted by atomic mass is 9.72. The van der Waals surface area contributed by atoms with Crippen molar-refractivity contribution in [3.05, 3.63) is 39.9 Å². The predicted octanol–water partition coefficient (Wildman–Crippen LogP) is 5.07. The van der Waals surface area contributed by atoms with Crippen LogP contribution < -0.4 is 5.32 Å². The Morgan fingerprint density at radius 1 is 1.00 bits per heavy atom. The van der Waals surface area contributed by atoms with Crippen LogP contribution >= 0.6 is 23.2 Å². The van der Waals surface area contributed by atoms with Crippen LogP contribution in [0.2, 0.25) is 10.0 Å². The van der Waals surface area contributed by atoms with Gasteiger partial charge in [0.25, 0.3) is 0 Å². The molecule has 0 atom stereocenters. The van der Waals surface area contributed by atoms with E-state index in [0.717, 1.165) is 13.0 Å². The zero-order valence-electron chi connectivity index (χ0n) is 11.0. The first-order valence-electron chi connectivity index (χ1n) is 7.12. The lowest BCUT2D eigenvalue weighted by Crippen LogP contribution is -2.49. The Bertz CT molecular complexity index is 501. The lowest BCUT2D eigenvalue weighted by Gasteiger charge is -2.43. The van der Waals surface area contributed by atoms with Crippen LogP contribution in [0.15, 0.2) is 24.3 Å². The van der Waals surface area contributed by atoms with E-state index < -0.39 is 0 Å². The summed E-state index contributed by atoms with van der Waals surface area (Å²) in [4.78, 5) is 0. The molecule has 1 N–H and O–H groups in total. The van der Waals surface area contributed by atoms with E-state index in [-0.39, 0.29) is 5.54 Å². The van der Waals surface area contributed by atoms with Gasteiger partial charge in [-0.3, -0.25) is 0 Å². The van der Waals surface area contributed by atoms with Gasteiger partial charge >= 0.3 is 0 Å². The molecule has 1 fully saturated rings. The van der Waals surface area contributed by atoms with Gasteiger partial charge in [0.1, 0.15) is 0 Å². The molecule has 1 heterocycles. The molecule has 1 aliphatic heterocycles. The monoisotopic (exact) mass is 295 g/mol. The highest BCUT2D eigenvalue weighted by Gasteiger charge is 2.37. The van der Waals surface area contributed by atoms with Crippen LogP contribution in [0.3, 0.4) is 0 Å². The van der Waals surface area contributed by atoms with Crippen molar-refractivity contribution in [2.45, 2.75) is 44.1 Å². The smallest absolute Gasteiger partial charge is 0.0598 e. The Kier molecular flexibility index (Phi) is 3.88. The summed E-state index contributed by atoms with van der Waals surface area (Å²) in [5.41, 5.74) is 2.83. The second kappa shape index (κ2) is 5.47. The summed E-state index contributed by atoms with van der Waals surface area (Å²) >= 11 is 12.2. The van der Waals surface area contributed by atoms with Crippen molar-refractivity contribution in [2.24, 2.45) is 0 Å². The van der Waals surface area contributed by atoms with E-state index in [1.807, 2.05) is 12.1 Å². The fourth-order valence-electron chi connectivity index (χ4n) is 3.48. The maximum atomic E-state index is 6.18. The van der Waals surface area contributed by atoms with Crippen molar-refractivity contribution in [2.75, 3.05) is 6.54 Å². The molecule has 0 amide bonds. The molecular formula is C16H19Cl2N. The Morgan fingerprint density at radius 3 is 2.53 bits per heavy atom. The molecule has 0 saturated heterocycles. The van der Waals surface area contributed by atoms with Gasteiger partial charge in [-0.15, -0.1) is 0 Å². The molecule has 3 rings (SSSR count). The normalized spacial score (nSPS) is 22.3. The third kappa shape index (κ3) is 2.56. The molecule has 19 heavy (non-hydrogen) atoms. The molecule has 102 valence electrons. The molecule has 3 heteroatoms. The van der Waals surface area contributed by atoms with Crippen molar-refractivity contribution in [3.63, 3.8) is 0 Å². The third-order valence-electron chi connectivity index (χ3n) is 4.41. The summed E-state index contributed by atoms with van der Waals surface area (Å²) in [6, 6.07) is 6.02. The molecule has 2 aliphatic rings. The summed E-state index contributed by atoms with van der Waals surface area (Å²) in [7, 11) is 0. The fourth-order valence-corrected chi connectivity index (χ4v) is 3.78. The first-order chi connectivity index (χ1) is 9.21. The quantitative estimate of drug-likeness (QED) is 0.762. The van der Waals surface area contributed by atoms with E-state index >= 15 is 0 Å². The largest absolute Gasteiger partial charge is 0.307 e. The van der Waals surface area contributed by atoms with Crippen molar-refractivity contribution < 1.29 is 0 Å². The van der Waals surface area contributed by atoms with E-state index in [1.165, 1.54) is 43.2 Å². The van der Waals surface area contributed by atoms with Gasteiger partial charge in [0.05, 0.1) is 10.0 Å². The zero-order chi connectivity index (χ0) is 13.3. The average molecular weight is 296 g/mol. The molecule has 1 nitrogen and oxygen atoms in total. The molecule has 1 saturated carbocycles. The second-order valence-electron chi connectivity index (χ2n) is 5.60. The van der Waals surface area contributed by atoms with Crippen molar-refractivity contribution in [3.8, 4) is 0 Å². The highest BCUT2D eigenvalue weighted by atomic mass is 35.5. The van der Waals surface area contributed by atoms with Crippen LogP contribution in [-0.4, -0.2) is 12.1 Å². The predicted molar refractivity (Wildman–Crippen MR) is 82.9 cm³/mol. The van der Waals surface area contributed by atoms with Gasteiger partial charge in [-0.25, -0.2) is 0 Å². The molecule has 1 aliphatic carbocycles. The third-order valence-corrected chi connectivity index (χ3v) is 5.15. The number of rotatable bonds is 1. The van der Waals surface area contributed by atoms with Crippen molar-refractivity contribution >= 4 is 28.8 Å². The van der Waals surface area contributed by atoms with Crippen LogP contribution in [0.4, 0.5) is 0 Å². The van der Waals surface area contributed by atoms with Gasteiger partial charge in [0.2, 0.25) is 0 Å². The Balaban J connectivity index is 2.00. The first-order valence-corrected chi connectivity index (χ1v) is 7.88. The minimum Gasteiger partial charge on any atom is -0.307 e. The average Bonchev–Trinajstić information content (AvgIpc) is 2.44. The molecule has 1 aromatic rings. The van der Waals surface area contributed by atoms with Gasteiger partial charge in [-0.05, 0) is 49.1 Å². The maximum absolute atomic E-state index is 6.18. The number of hydrogen-bond donors (Lipinski definition) is 1. The number of halogens is 2. The number of hydrogen-bond acceptors (Lipinski definition) is 1. The van der Waals surface area contributed by atoms with Crippen LogP contribution in [-0.2, 0) is 0 Å². The highest BCUT2D eigenvalue weighted by molar-refractivity contribution is 6.42. The van der Waals surface area contributed by atoms with E-state index in [9.17, 15) is 0 Å². The Morgan fingerprint density at radius 2 is 1.79 bits per heavy atom. The van der Waals surface area contributed by atoms with Gasteiger partial charge in [0, 0.05) is 5.54 Å². The molecule has 1 spiro atoms. The summed E-state index contributed by atoms with van der Waals surface area (Å²) in [6.45, 7) is 1.09. The molecule has 0 aromatic heterocycles. The Hall–Kier alpha value is -0.500. The van der Waals surface area contributed by atoms with E-state index in [0.29, 0.717) is 10.0 Å². The van der Waals surface area contributed by atoms with Crippen LogP contribution in [0.5, 0.6) is 0 Å². The van der Waals surface area contributed by atoms with E-state index in [4.69, 9.17) is 23.2 Å². The van der Waals surface area contributed by atoms with Crippen LogP contribution in [0.25, 0.3) is 5.57 Å². The van der Waals surface area contributed by atoms with E-state index in [2.05, 4.69) is 17.5 Å². The summed E-state index contributed by atoms with van der Waals surface area (Å²) in [5.74, 6) is 0. The van der Waals surface area contributed by atoms with Gasteiger partial charge in [0.15, 0.2) is 0 Å². The molecule has 0 radical (unpaired) electrons. The molecule has 0 unspecified atom stereocenters. The maximum Gasteiger partial charge on any atom is 0.0598 e. The standard InChI is InChI=1S/C16H19Cl2N/c17-14-7-6-12(11-15(14)18)13-5-4-10-19-16(13)8-2-1-3-9-16/h5-7,11,19H,1-4,8-10H2. The second-order valence-corrected chi connectivity index (χ2v) is 6.42. The number of nitrogens with one attached hydrogen (secondary N) is 1. The van der Waals surface area contributed by atoms with Gasteiger partial charge in [-0.1, -0.05) is 54.6 Å². The van der Waals surface area contributed by atoms with Gasteiger partial charge in [-0.2, -0.15) is 0 Å². The molecular weight excluding hydrogens is 277 g/mol. The minimum atomic E-state index is 0.174. The topological polar surface area (TPSA) is 12.0 Å². The summed E-state index contributed by atoms with van der Waals surface area (Å²) < 4.78 is 0. The first kappa shape index (κ1) is 13.5. The van der Waals surface area contributed by atoms with Crippen LogP contribution in [0, 0.1) is 0 Å². The minimum absolute atomic E-state index is 0.174. The molecule has 0 bridgehead atoms. The fraction of sp³-hybridized carbons (Fsp3) is 0.500. The van der Waals surface area contributed by atoms with Crippen molar-refractivity contribution in [1.82, 2.24) is 5.32 Å². The van der Waals surface area contributed by atoms with Crippen LogP contribution in [0.1, 0.15) is 44.1 Å². The van der Waals surface area contributed by atoms with Crippen molar-refractivity contribution in [1.29, 1.82) is 0 Å². The van der Waals surface area contributed by atoms with Gasteiger partial charge < -0.3 is 5.32 Å². The summed E-state index contributed by atoms with van der Waals surface area (Å²) in [5, 5.41) is 5.05.